The van der Waals surface area contributed by atoms with E-state index in [-0.39, 0.29) is 5.56 Å². The van der Waals surface area contributed by atoms with Gasteiger partial charge < -0.3 is 15.4 Å². The molecule has 1 aliphatic carbocycles. The Balaban J connectivity index is 1.47. The molecule has 0 unspecified atom stereocenters. The van der Waals surface area contributed by atoms with Gasteiger partial charge >= 0.3 is 5.97 Å². The van der Waals surface area contributed by atoms with Gasteiger partial charge in [-0.05, 0) is 55.3 Å². The van der Waals surface area contributed by atoms with Gasteiger partial charge in [-0.3, -0.25) is 0 Å². The Hall–Kier alpha value is -3.14. The van der Waals surface area contributed by atoms with Crippen molar-refractivity contribution in [3.05, 3.63) is 64.3 Å². The summed E-state index contributed by atoms with van der Waals surface area (Å²) in [5.41, 5.74) is 4.12. The van der Waals surface area contributed by atoms with Crippen molar-refractivity contribution < 1.29 is 9.90 Å². The van der Waals surface area contributed by atoms with Crippen LogP contribution in [-0.4, -0.2) is 33.6 Å². The standard InChI is InChI=1S/C27H24BrN3O2/c28-18-9-11-24-21(14-18)23(16-30-24)26-15-22(27(32)33)20-13-17(8-10-25(20)31-26)5-4-12-29-19-6-2-1-3-7-19/h8-11,13-16,19,29-30H,1-3,6-7,12H2,(H,32,33). The number of fused-ring (bicyclic) bond motifs is 2. The molecular weight excluding hydrogens is 478 g/mol. The second-order valence-electron chi connectivity index (χ2n) is 8.50. The van der Waals surface area contributed by atoms with E-state index >= 15 is 0 Å². The Morgan fingerprint density at radius 3 is 2.79 bits per heavy atom. The van der Waals surface area contributed by atoms with E-state index < -0.39 is 5.97 Å². The molecule has 2 aromatic heterocycles. The van der Waals surface area contributed by atoms with Gasteiger partial charge in [0, 0.05) is 44.1 Å². The summed E-state index contributed by atoms with van der Waals surface area (Å²) in [7, 11) is 0. The average molecular weight is 502 g/mol. The number of aromatic amines is 1. The van der Waals surface area contributed by atoms with Crippen molar-refractivity contribution in [2.24, 2.45) is 0 Å². The zero-order valence-corrected chi connectivity index (χ0v) is 19.7. The first-order chi connectivity index (χ1) is 16.1. The van der Waals surface area contributed by atoms with Gasteiger partial charge in [0.1, 0.15) is 0 Å². The largest absolute Gasteiger partial charge is 0.478 e. The van der Waals surface area contributed by atoms with Crippen LogP contribution in [0, 0.1) is 11.8 Å². The molecule has 1 saturated carbocycles. The van der Waals surface area contributed by atoms with Crippen molar-refractivity contribution in [3.8, 4) is 23.1 Å². The summed E-state index contributed by atoms with van der Waals surface area (Å²) in [6, 6.07) is 13.8. The Morgan fingerprint density at radius 2 is 1.97 bits per heavy atom. The highest BCUT2D eigenvalue weighted by Gasteiger charge is 2.16. The second-order valence-corrected chi connectivity index (χ2v) is 9.42. The average Bonchev–Trinajstić information content (AvgIpc) is 3.24. The number of benzene rings is 2. The molecule has 1 aliphatic rings. The number of carboxylic acids is 1. The molecule has 0 saturated heterocycles. The first-order valence-corrected chi connectivity index (χ1v) is 12.0. The quantitative estimate of drug-likeness (QED) is 0.294. The Bertz CT molecular complexity index is 1410. The van der Waals surface area contributed by atoms with Crippen LogP contribution in [0.5, 0.6) is 0 Å². The summed E-state index contributed by atoms with van der Waals surface area (Å²) >= 11 is 3.51. The maximum absolute atomic E-state index is 12.1. The number of carbonyl (C=O) groups is 1. The first kappa shape index (κ1) is 21.7. The Morgan fingerprint density at radius 1 is 1.12 bits per heavy atom. The van der Waals surface area contributed by atoms with Crippen LogP contribution < -0.4 is 5.32 Å². The molecule has 0 spiro atoms. The van der Waals surface area contributed by atoms with Crippen molar-refractivity contribution in [2.45, 2.75) is 38.1 Å². The third-order valence-corrected chi connectivity index (χ3v) is 6.77. The molecule has 0 bridgehead atoms. The van der Waals surface area contributed by atoms with Crippen LogP contribution in [0.4, 0.5) is 0 Å². The molecular formula is C27H24BrN3O2. The molecule has 0 aliphatic heterocycles. The second kappa shape index (κ2) is 9.38. The monoisotopic (exact) mass is 501 g/mol. The van der Waals surface area contributed by atoms with Crippen LogP contribution in [0.1, 0.15) is 48.0 Å². The molecule has 2 heterocycles. The molecule has 0 atom stereocenters. The highest BCUT2D eigenvalue weighted by atomic mass is 79.9. The van der Waals surface area contributed by atoms with E-state index in [9.17, 15) is 9.90 Å². The fourth-order valence-corrected chi connectivity index (χ4v) is 4.93. The van der Waals surface area contributed by atoms with E-state index in [0.717, 1.165) is 26.5 Å². The summed E-state index contributed by atoms with van der Waals surface area (Å²) < 4.78 is 0.955. The molecule has 0 radical (unpaired) electrons. The van der Waals surface area contributed by atoms with Crippen LogP contribution in [0.3, 0.4) is 0 Å². The minimum Gasteiger partial charge on any atom is -0.478 e. The number of hydrogen-bond acceptors (Lipinski definition) is 3. The third kappa shape index (κ3) is 4.66. The van der Waals surface area contributed by atoms with Gasteiger partial charge in [-0.2, -0.15) is 0 Å². The normalized spacial score (nSPS) is 14.3. The molecule has 33 heavy (non-hydrogen) atoms. The number of aromatic nitrogens is 2. The van der Waals surface area contributed by atoms with Gasteiger partial charge in [0.05, 0.1) is 23.3 Å². The number of carboxylic acid groups (broad SMARTS) is 1. The lowest BCUT2D eigenvalue weighted by atomic mass is 9.95. The van der Waals surface area contributed by atoms with E-state index in [4.69, 9.17) is 4.98 Å². The minimum absolute atomic E-state index is 0.225. The van der Waals surface area contributed by atoms with E-state index in [0.29, 0.717) is 29.2 Å². The Labute approximate surface area is 200 Å². The van der Waals surface area contributed by atoms with Gasteiger partial charge in [-0.1, -0.05) is 47.0 Å². The lowest BCUT2D eigenvalue weighted by Gasteiger charge is -2.21. The highest BCUT2D eigenvalue weighted by molar-refractivity contribution is 9.10. The molecule has 4 aromatic rings. The number of hydrogen-bond donors (Lipinski definition) is 3. The van der Waals surface area contributed by atoms with E-state index in [1.165, 1.54) is 32.1 Å². The number of pyridine rings is 1. The van der Waals surface area contributed by atoms with E-state index in [1.54, 1.807) is 6.07 Å². The number of H-pyrrole nitrogens is 1. The topological polar surface area (TPSA) is 78.0 Å². The molecule has 6 heteroatoms. The van der Waals surface area contributed by atoms with E-state index in [2.05, 4.69) is 38.1 Å². The van der Waals surface area contributed by atoms with Gasteiger partial charge in [0.25, 0.3) is 0 Å². The van der Waals surface area contributed by atoms with Crippen molar-refractivity contribution >= 4 is 43.7 Å². The van der Waals surface area contributed by atoms with E-state index in [1.807, 2.05) is 42.6 Å². The van der Waals surface area contributed by atoms with Crippen LogP contribution in [0.25, 0.3) is 33.1 Å². The maximum atomic E-state index is 12.1. The number of nitrogens with zero attached hydrogens (tertiary/aromatic N) is 1. The lowest BCUT2D eigenvalue weighted by molar-refractivity contribution is 0.0699. The smallest absolute Gasteiger partial charge is 0.336 e. The fraction of sp³-hybridized carbons (Fsp3) is 0.259. The number of halogens is 1. The van der Waals surface area contributed by atoms with Crippen LogP contribution in [0.15, 0.2) is 53.1 Å². The number of aromatic carboxylic acids is 1. The van der Waals surface area contributed by atoms with Gasteiger partial charge in [-0.25, -0.2) is 9.78 Å². The summed E-state index contributed by atoms with van der Waals surface area (Å²) in [4.78, 5) is 20.1. The first-order valence-electron chi connectivity index (χ1n) is 11.3. The van der Waals surface area contributed by atoms with Crippen molar-refractivity contribution in [1.29, 1.82) is 0 Å². The summed E-state index contributed by atoms with van der Waals surface area (Å²) in [6.07, 6.45) is 8.23. The minimum atomic E-state index is -0.978. The SMILES string of the molecule is O=C(O)c1cc(-c2c[nH]c3ccc(Br)cc23)nc2ccc(C#CCNC3CCCCC3)cc12. The fourth-order valence-electron chi connectivity index (χ4n) is 4.57. The highest BCUT2D eigenvalue weighted by Crippen LogP contribution is 2.32. The zero-order chi connectivity index (χ0) is 22.8. The summed E-state index contributed by atoms with van der Waals surface area (Å²) in [5.74, 6) is 5.38. The predicted molar refractivity (Wildman–Crippen MR) is 135 cm³/mol. The molecule has 1 fully saturated rings. The van der Waals surface area contributed by atoms with Gasteiger partial charge in [0.15, 0.2) is 0 Å². The number of nitrogens with one attached hydrogen (secondary N) is 2. The van der Waals surface area contributed by atoms with Crippen molar-refractivity contribution in [2.75, 3.05) is 6.54 Å². The van der Waals surface area contributed by atoms with Gasteiger partial charge in [0.2, 0.25) is 0 Å². The maximum Gasteiger partial charge on any atom is 0.336 e. The molecule has 5 nitrogen and oxygen atoms in total. The zero-order valence-electron chi connectivity index (χ0n) is 18.1. The molecule has 166 valence electrons. The van der Waals surface area contributed by atoms with Crippen molar-refractivity contribution in [3.63, 3.8) is 0 Å². The number of rotatable bonds is 4. The van der Waals surface area contributed by atoms with Crippen LogP contribution in [-0.2, 0) is 0 Å². The predicted octanol–water partition coefficient (Wildman–Crippen LogP) is 6.12. The summed E-state index contributed by atoms with van der Waals surface area (Å²) in [6.45, 7) is 0.641. The molecule has 2 aromatic carbocycles. The van der Waals surface area contributed by atoms with Gasteiger partial charge in [-0.15, -0.1) is 0 Å². The van der Waals surface area contributed by atoms with Crippen LogP contribution >= 0.6 is 15.9 Å². The Kier molecular flexibility index (Phi) is 6.17. The molecule has 0 amide bonds. The lowest BCUT2D eigenvalue weighted by Crippen LogP contribution is -2.31. The van der Waals surface area contributed by atoms with Crippen LogP contribution in [0.2, 0.25) is 0 Å². The summed E-state index contributed by atoms with van der Waals surface area (Å²) in [5, 5.41) is 15.0. The molecule has 3 N–H and O–H groups in total. The third-order valence-electron chi connectivity index (χ3n) is 6.28. The van der Waals surface area contributed by atoms with Crippen molar-refractivity contribution in [1.82, 2.24) is 15.3 Å². The molecule has 5 rings (SSSR count).